The van der Waals surface area contributed by atoms with Crippen LogP contribution >= 0.6 is 0 Å². The molecule has 5 nitrogen and oxygen atoms in total. The van der Waals surface area contributed by atoms with Crippen LogP contribution in [-0.2, 0) is 14.7 Å². The van der Waals surface area contributed by atoms with Gasteiger partial charge in [-0.05, 0) is 84.4 Å². The van der Waals surface area contributed by atoms with E-state index < -0.39 is 12.5 Å². The van der Waals surface area contributed by atoms with Crippen LogP contribution in [0.5, 0.6) is 0 Å². The molecule has 3 aromatic heterocycles. The molecular formula is C40H30BN3O2. The molecule has 0 N–H and O–H groups in total. The molecule has 220 valence electrons. The summed E-state index contributed by atoms with van der Waals surface area (Å²) >= 11 is 0. The largest absolute Gasteiger partial charge is 0.494 e. The predicted octanol–water partition coefficient (Wildman–Crippen LogP) is 7.97. The van der Waals surface area contributed by atoms with Crippen LogP contribution in [0, 0.1) is 0 Å². The first kappa shape index (κ1) is 26.3. The molecule has 4 heterocycles. The molecule has 0 atom stereocenters. The number of benzene rings is 4. The molecule has 0 unspecified atom stereocenters. The molecule has 0 amide bonds. The second kappa shape index (κ2) is 8.67. The van der Waals surface area contributed by atoms with E-state index in [0.717, 1.165) is 39.0 Å². The van der Waals surface area contributed by atoms with Crippen molar-refractivity contribution in [2.24, 2.45) is 0 Å². The Kier molecular flexibility index (Phi) is 4.96. The van der Waals surface area contributed by atoms with E-state index in [1.807, 2.05) is 12.4 Å². The average molecular weight is 596 g/mol. The van der Waals surface area contributed by atoms with Gasteiger partial charge in [-0.1, -0.05) is 78.9 Å². The number of hydrogen-bond donors (Lipinski definition) is 0. The van der Waals surface area contributed by atoms with Crippen molar-refractivity contribution in [1.29, 1.82) is 0 Å². The first-order valence-corrected chi connectivity index (χ1v) is 16.0. The maximum atomic E-state index is 6.34. The summed E-state index contributed by atoms with van der Waals surface area (Å²) in [6, 6.07) is 34.9. The van der Waals surface area contributed by atoms with Gasteiger partial charge in [0.15, 0.2) is 0 Å². The Hall–Kier alpha value is -4.91. The molecule has 46 heavy (non-hydrogen) atoms. The standard InChI is InChI=1S/C40H30BN3O2/c1-38(2)39(3,4)46-41(45-38)25-18-15-24(16-19-25)35-26-20-17-23-9-5-10-27-32(23)33(26)34-28(11-6-14-31(34)44-35)40(27)29-12-7-21-42-36(29)37-30(40)13-8-22-43-37/h5-22H,1-4H3. The van der Waals surface area contributed by atoms with Crippen molar-refractivity contribution in [3.63, 3.8) is 0 Å². The molecule has 2 aliphatic carbocycles. The minimum absolute atomic E-state index is 0.388. The second-order valence-corrected chi connectivity index (χ2v) is 13.8. The van der Waals surface area contributed by atoms with Crippen molar-refractivity contribution >= 4 is 45.0 Å². The molecular weight excluding hydrogens is 565 g/mol. The quantitative estimate of drug-likeness (QED) is 0.150. The third-order valence-electron chi connectivity index (χ3n) is 11.0. The molecule has 1 fully saturated rings. The zero-order valence-electron chi connectivity index (χ0n) is 26.1. The summed E-state index contributed by atoms with van der Waals surface area (Å²) in [5.74, 6) is 0. The van der Waals surface area contributed by atoms with E-state index in [1.165, 1.54) is 43.8 Å². The minimum atomic E-state index is -0.541. The van der Waals surface area contributed by atoms with E-state index in [1.54, 1.807) is 0 Å². The zero-order chi connectivity index (χ0) is 31.0. The molecule has 1 saturated heterocycles. The monoisotopic (exact) mass is 595 g/mol. The van der Waals surface area contributed by atoms with E-state index in [2.05, 4.69) is 125 Å². The first-order valence-electron chi connectivity index (χ1n) is 16.0. The van der Waals surface area contributed by atoms with E-state index >= 15 is 0 Å². The molecule has 7 aromatic rings. The summed E-state index contributed by atoms with van der Waals surface area (Å²) in [6.45, 7) is 8.35. The Morgan fingerprint density at radius 1 is 0.543 bits per heavy atom. The maximum Gasteiger partial charge on any atom is 0.494 e. The molecule has 4 aromatic carbocycles. The fourth-order valence-corrected chi connectivity index (χ4v) is 8.20. The van der Waals surface area contributed by atoms with Crippen molar-refractivity contribution < 1.29 is 9.31 Å². The van der Waals surface area contributed by atoms with Crippen molar-refractivity contribution in [2.45, 2.75) is 44.3 Å². The zero-order valence-corrected chi connectivity index (χ0v) is 26.1. The fraction of sp³-hybridized carbons (Fsp3) is 0.175. The van der Waals surface area contributed by atoms with Gasteiger partial charge in [-0.25, -0.2) is 4.98 Å². The fourth-order valence-electron chi connectivity index (χ4n) is 8.20. The van der Waals surface area contributed by atoms with E-state index in [0.29, 0.717) is 0 Å². The lowest BCUT2D eigenvalue weighted by Crippen LogP contribution is -2.41. The van der Waals surface area contributed by atoms with E-state index in [-0.39, 0.29) is 11.2 Å². The van der Waals surface area contributed by atoms with Gasteiger partial charge in [0, 0.05) is 34.1 Å². The minimum Gasteiger partial charge on any atom is -0.399 e. The maximum absolute atomic E-state index is 6.34. The van der Waals surface area contributed by atoms with Gasteiger partial charge in [-0.2, -0.15) is 0 Å². The molecule has 0 bridgehead atoms. The lowest BCUT2D eigenvalue weighted by Gasteiger charge is -2.38. The molecule has 3 aliphatic rings. The van der Waals surface area contributed by atoms with Crippen molar-refractivity contribution in [3.05, 3.63) is 132 Å². The van der Waals surface area contributed by atoms with Crippen LogP contribution in [0.1, 0.15) is 49.9 Å². The predicted molar refractivity (Wildman–Crippen MR) is 184 cm³/mol. The Morgan fingerprint density at radius 3 is 1.83 bits per heavy atom. The third-order valence-corrected chi connectivity index (χ3v) is 11.0. The van der Waals surface area contributed by atoms with Gasteiger partial charge in [0.1, 0.15) is 0 Å². The highest BCUT2D eigenvalue weighted by molar-refractivity contribution is 6.62. The number of hydrogen-bond acceptors (Lipinski definition) is 5. The summed E-state index contributed by atoms with van der Waals surface area (Å²) in [7, 11) is -0.405. The molecule has 1 spiro atoms. The van der Waals surface area contributed by atoms with Crippen molar-refractivity contribution in [3.8, 4) is 22.6 Å². The number of aromatic nitrogens is 3. The second-order valence-electron chi connectivity index (χ2n) is 13.8. The van der Waals surface area contributed by atoms with Crippen LogP contribution in [0.25, 0.3) is 55.1 Å². The number of nitrogens with zero attached hydrogens (tertiary/aromatic N) is 3. The number of pyridine rings is 3. The van der Waals surface area contributed by atoms with Crippen LogP contribution in [0.3, 0.4) is 0 Å². The van der Waals surface area contributed by atoms with Gasteiger partial charge in [-0.3, -0.25) is 9.97 Å². The highest BCUT2D eigenvalue weighted by atomic mass is 16.7. The first-order chi connectivity index (χ1) is 22.3. The molecule has 10 rings (SSSR count). The smallest absolute Gasteiger partial charge is 0.399 e. The molecule has 0 saturated carbocycles. The normalized spacial score (nSPS) is 17.9. The highest BCUT2D eigenvalue weighted by Gasteiger charge is 2.52. The Labute approximate surface area is 267 Å². The van der Waals surface area contributed by atoms with Gasteiger partial charge < -0.3 is 9.31 Å². The average Bonchev–Trinajstić information content (AvgIpc) is 3.49. The van der Waals surface area contributed by atoms with Crippen LogP contribution in [-0.4, -0.2) is 33.3 Å². The lowest BCUT2D eigenvalue weighted by molar-refractivity contribution is 0.00578. The summed E-state index contributed by atoms with van der Waals surface area (Å²) in [4.78, 5) is 15.2. The van der Waals surface area contributed by atoms with E-state index in [4.69, 9.17) is 24.3 Å². The van der Waals surface area contributed by atoms with Crippen molar-refractivity contribution in [1.82, 2.24) is 15.0 Å². The van der Waals surface area contributed by atoms with Gasteiger partial charge in [0.2, 0.25) is 0 Å². The summed E-state index contributed by atoms with van der Waals surface area (Å²) in [6.07, 6.45) is 3.75. The summed E-state index contributed by atoms with van der Waals surface area (Å²) < 4.78 is 12.7. The van der Waals surface area contributed by atoms with Crippen molar-refractivity contribution in [2.75, 3.05) is 0 Å². The van der Waals surface area contributed by atoms with Gasteiger partial charge in [0.25, 0.3) is 0 Å². The highest BCUT2D eigenvalue weighted by Crippen LogP contribution is 2.60. The van der Waals surface area contributed by atoms with Gasteiger partial charge in [-0.15, -0.1) is 0 Å². The Balaban J connectivity index is 1.25. The number of fused-ring (bicyclic) bond motifs is 7. The Morgan fingerprint density at radius 2 is 1.15 bits per heavy atom. The lowest BCUT2D eigenvalue weighted by atomic mass is 9.63. The Bertz CT molecular complexity index is 2360. The molecule has 0 radical (unpaired) electrons. The molecule has 1 aliphatic heterocycles. The van der Waals surface area contributed by atoms with Crippen LogP contribution in [0.4, 0.5) is 0 Å². The van der Waals surface area contributed by atoms with Crippen LogP contribution < -0.4 is 5.46 Å². The van der Waals surface area contributed by atoms with Crippen LogP contribution in [0.2, 0.25) is 0 Å². The molecule has 6 heteroatoms. The van der Waals surface area contributed by atoms with Crippen LogP contribution in [0.15, 0.2) is 109 Å². The SMILES string of the molecule is CC1(C)OB(c2ccc(-c3nc4cccc5c4c4c3ccc3cccc(c34)C53c4cccnc4-c4ncccc43)cc2)OC1(C)C. The number of rotatable bonds is 2. The summed E-state index contributed by atoms with van der Waals surface area (Å²) in [5, 5.41) is 6.09. The third kappa shape index (κ3) is 3.11. The van der Waals surface area contributed by atoms with E-state index in [9.17, 15) is 0 Å². The summed E-state index contributed by atoms with van der Waals surface area (Å²) in [5.41, 5.74) is 9.47. The van der Waals surface area contributed by atoms with Gasteiger partial charge >= 0.3 is 7.12 Å². The topological polar surface area (TPSA) is 57.1 Å². The van der Waals surface area contributed by atoms with Gasteiger partial charge in [0.05, 0.1) is 39.2 Å².